The van der Waals surface area contributed by atoms with E-state index in [-0.39, 0.29) is 4.90 Å². The van der Waals surface area contributed by atoms with Gasteiger partial charge in [0.1, 0.15) is 12.4 Å². The Balaban J connectivity index is 2.13. The van der Waals surface area contributed by atoms with E-state index < -0.39 is 10.0 Å². The molecule has 0 fully saturated rings. The lowest BCUT2D eigenvalue weighted by atomic mass is 10.2. The first-order valence-corrected chi connectivity index (χ1v) is 8.58. The van der Waals surface area contributed by atoms with Crippen LogP contribution in [0.5, 0.6) is 5.75 Å². The topological polar surface area (TPSA) is 61.2 Å². The Morgan fingerprint density at radius 2 is 1.86 bits per heavy atom. The van der Waals surface area contributed by atoms with E-state index in [1.807, 2.05) is 0 Å². The van der Waals surface area contributed by atoms with Crippen molar-refractivity contribution in [1.29, 1.82) is 0 Å². The maximum absolute atomic E-state index is 12.7. The van der Waals surface area contributed by atoms with Crippen LogP contribution in [0.3, 0.4) is 0 Å². The molecule has 0 N–H and O–H groups in total. The molecule has 114 valence electrons. The summed E-state index contributed by atoms with van der Waals surface area (Å²) in [6.45, 7) is 0.345. The monoisotopic (exact) mass is 336 g/mol. The van der Waals surface area contributed by atoms with Crippen LogP contribution in [0.1, 0.15) is 0 Å². The molecule has 0 bridgehead atoms. The lowest BCUT2D eigenvalue weighted by Gasteiger charge is -2.07. The van der Waals surface area contributed by atoms with Crippen LogP contribution in [0, 0.1) is 0 Å². The van der Waals surface area contributed by atoms with Crippen molar-refractivity contribution in [2.45, 2.75) is 4.90 Å². The van der Waals surface area contributed by atoms with Gasteiger partial charge in [-0.3, -0.25) is 0 Å². The van der Waals surface area contributed by atoms with Gasteiger partial charge >= 0.3 is 0 Å². The number of rotatable bonds is 5. The van der Waals surface area contributed by atoms with Gasteiger partial charge in [0, 0.05) is 0 Å². The van der Waals surface area contributed by atoms with Crippen LogP contribution >= 0.6 is 11.6 Å². The molecule has 7 heteroatoms. The minimum Gasteiger partial charge on any atom is -0.492 e. The van der Waals surface area contributed by atoms with Crippen LogP contribution in [0.2, 0.25) is 0 Å². The van der Waals surface area contributed by atoms with Crippen molar-refractivity contribution >= 4 is 32.5 Å². The SMILES string of the molecule is O=S(=O)(c1ccccc1)n1ncc2c(OCCCl)cccc21. The first-order chi connectivity index (χ1) is 10.6. The number of hydrogen-bond acceptors (Lipinski definition) is 4. The predicted octanol–water partition coefficient (Wildman–Crippen LogP) is 2.89. The van der Waals surface area contributed by atoms with Crippen LogP contribution in [0.15, 0.2) is 59.6 Å². The van der Waals surface area contributed by atoms with E-state index in [9.17, 15) is 8.42 Å². The molecule has 2 aromatic carbocycles. The summed E-state index contributed by atoms with van der Waals surface area (Å²) < 4.78 is 31.9. The van der Waals surface area contributed by atoms with E-state index >= 15 is 0 Å². The number of alkyl halides is 1. The molecule has 0 unspecified atom stereocenters. The van der Waals surface area contributed by atoms with E-state index in [0.29, 0.717) is 29.1 Å². The third kappa shape index (κ3) is 2.55. The maximum atomic E-state index is 12.7. The minimum absolute atomic E-state index is 0.187. The van der Waals surface area contributed by atoms with Gasteiger partial charge in [0.25, 0.3) is 10.0 Å². The average molecular weight is 337 g/mol. The molecule has 0 saturated heterocycles. The van der Waals surface area contributed by atoms with Crippen molar-refractivity contribution < 1.29 is 13.2 Å². The molecule has 0 atom stereocenters. The highest BCUT2D eigenvalue weighted by Crippen LogP contribution is 2.27. The summed E-state index contributed by atoms with van der Waals surface area (Å²) in [6.07, 6.45) is 1.49. The average Bonchev–Trinajstić information content (AvgIpc) is 2.99. The number of hydrogen-bond donors (Lipinski definition) is 0. The molecule has 3 rings (SSSR count). The Labute approximate surface area is 133 Å². The number of halogens is 1. The van der Waals surface area contributed by atoms with E-state index in [1.54, 1.807) is 36.4 Å². The standard InChI is InChI=1S/C15H13ClN2O3S/c16-9-10-21-15-8-4-7-14-13(15)11-17-18(14)22(19,20)12-5-2-1-3-6-12/h1-8,11H,9-10H2. The molecule has 0 saturated carbocycles. The predicted molar refractivity (Wildman–Crippen MR) is 85.0 cm³/mol. The fraction of sp³-hybridized carbons (Fsp3) is 0.133. The van der Waals surface area contributed by atoms with Gasteiger partial charge in [-0.1, -0.05) is 24.3 Å². The Bertz CT molecular complexity index is 892. The fourth-order valence-corrected chi connectivity index (χ4v) is 3.53. The number of fused-ring (bicyclic) bond motifs is 1. The quantitative estimate of drug-likeness (QED) is 0.672. The van der Waals surface area contributed by atoms with Crippen LogP contribution in [-0.2, 0) is 10.0 Å². The summed E-state index contributed by atoms with van der Waals surface area (Å²) in [5.74, 6) is 0.917. The zero-order valence-electron chi connectivity index (χ0n) is 11.5. The van der Waals surface area contributed by atoms with Crippen molar-refractivity contribution in [3.05, 3.63) is 54.7 Å². The number of nitrogens with zero attached hydrogens (tertiary/aromatic N) is 2. The first-order valence-electron chi connectivity index (χ1n) is 6.61. The van der Waals surface area contributed by atoms with E-state index in [4.69, 9.17) is 16.3 Å². The molecule has 0 amide bonds. The number of aromatic nitrogens is 2. The zero-order valence-corrected chi connectivity index (χ0v) is 13.1. The van der Waals surface area contributed by atoms with E-state index in [2.05, 4.69) is 5.10 Å². The summed E-state index contributed by atoms with van der Waals surface area (Å²) in [5, 5.41) is 4.66. The molecule has 0 aliphatic heterocycles. The molecule has 0 radical (unpaired) electrons. The summed E-state index contributed by atoms with van der Waals surface area (Å²) in [6, 6.07) is 13.4. The van der Waals surface area contributed by atoms with Crippen LogP contribution in [0.4, 0.5) is 0 Å². The maximum Gasteiger partial charge on any atom is 0.283 e. The van der Waals surface area contributed by atoms with Crippen molar-refractivity contribution in [3.8, 4) is 5.75 Å². The van der Waals surface area contributed by atoms with Crippen molar-refractivity contribution in [2.24, 2.45) is 0 Å². The normalized spacial score (nSPS) is 11.7. The molecule has 3 aromatic rings. The van der Waals surface area contributed by atoms with Crippen molar-refractivity contribution in [1.82, 2.24) is 9.19 Å². The third-order valence-corrected chi connectivity index (χ3v) is 4.91. The van der Waals surface area contributed by atoms with Gasteiger partial charge in [-0.15, -0.1) is 11.6 Å². The molecule has 0 spiro atoms. The Morgan fingerprint density at radius 1 is 1.09 bits per heavy atom. The van der Waals surface area contributed by atoms with Crippen LogP contribution in [0.25, 0.3) is 10.9 Å². The van der Waals surface area contributed by atoms with Gasteiger partial charge in [-0.25, -0.2) is 0 Å². The highest BCUT2D eigenvalue weighted by Gasteiger charge is 2.21. The fourth-order valence-electron chi connectivity index (χ4n) is 2.16. The van der Waals surface area contributed by atoms with E-state index in [1.165, 1.54) is 18.3 Å². The van der Waals surface area contributed by atoms with Gasteiger partial charge in [0.15, 0.2) is 0 Å². The molecule has 1 aromatic heterocycles. The number of benzene rings is 2. The zero-order chi connectivity index (χ0) is 15.6. The minimum atomic E-state index is -3.74. The molecule has 5 nitrogen and oxygen atoms in total. The van der Waals surface area contributed by atoms with E-state index in [0.717, 1.165) is 4.09 Å². The highest BCUT2D eigenvalue weighted by molar-refractivity contribution is 7.90. The lowest BCUT2D eigenvalue weighted by Crippen LogP contribution is -2.14. The molecule has 0 aliphatic carbocycles. The van der Waals surface area contributed by atoms with Crippen molar-refractivity contribution in [3.63, 3.8) is 0 Å². The van der Waals surface area contributed by atoms with Gasteiger partial charge in [0.2, 0.25) is 0 Å². The number of ether oxygens (including phenoxy) is 1. The van der Waals surface area contributed by atoms with Crippen LogP contribution < -0.4 is 4.74 Å². The molecule has 0 aliphatic rings. The van der Waals surface area contributed by atoms with Gasteiger partial charge in [0.05, 0.1) is 27.9 Å². The van der Waals surface area contributed by atoms with Gasteiger partial charge < -0.3 is 4.74 Å². The summed E-state index contributed by atoms with van der Waals surface area (Å²) in [4.78, 5) is 0.187. The highest BCUT2D eigenvalue weighted by atomic mass is 35.5. The molecular weight excluding hydrogens is 324 g/mol. The molecule has 22 heavy (non-hydrogen) atoms. The van der Waals surface area contributed by atoms with Crippen LogP contribution in [-0.4, -0.2) is 30.1 Å². The van der Waals surface area contributed by atoms with Gasteiger partial charge in [-0.2, -0.15) is 17.6 Å². The Kier molecular flexibility index (Phi) is 4.04. The lowest BCUT2D eigenvalue weighted by molar-refractivity contribution is 0.347. The molecule has 1 heterocycles. The summed E-state index contributed by atoms with van der Waals surface area (Å²) >= 11 is 5.62. The second-order valence-corrected chi connectivity index (χ2v) is 6.68. The second kappa shape index (κ2) is 5.98. The Morgan fingerprint density at radius 3 is 2.59 bits per heavy atom. The summed E-state index contributed by atoms with van der Waals surface area (Å²) in [5.41, 5.74) is 0.468. The second-order valence-electron chi connectivity index (χ2n) is 4.53. The summed E-state index contributed by atoms with van der Waals surface area (Å²) in [7, 11) is -3.74. The van der Waals surface area contributed by atoms with Crippen molar-refractivity contribution in [2.75, 3.05) is 12.5 Å². The smallest absolute Gasteiger partial charge is 0.283 e. The van der Waals surface area contributed by atoms with Gasteiger partial charge in [-0.05, 0) is 24.3 Å². The third-order valence-electron chi connectivity index (χ3n) is 3.14. The largest absolute Gasteiger partial charge is 0.492 e. The Hall–Kier alpha value is -2.05. The first kappa shape index (κ1) is 14.9. The molecular formula is C15H13ClN2O3S.